The Morgan fingerprint density at radius 1 is 1.00 bits per heavy atom. The van der Waals surface area contributed by atoms with Crippen molar-refractivity contribution in [3.63, 3.8) is 0 Å². The lowest BCUT2D eigenvalue weighted by Crippen LogP contribution is -2.34. The summed E-state index contributed by atoms with van der Waals surface area (Å²) in [6, 6.07) is 0. The van der Waals surface area contributed by atoms with E-state index in [9.17, 15) is 14.0 Å². The number of halogens is 1. The van der Waals surface area contributed by atoms with E-state index in [4.69, 9.17) is 9.47 Å². The summed E-state index contributed by atoms with van der Waals surface area (Å²) in [4.78, 5) is 22.0. The Morgan fingerprint density at radius 3 is 1.86 bits per heavy atom. The second kappa shape index (κ2) is 3.55. The average Bonchev–Trinajstić information content (AvgIpc) is 2.28. The summed E-state index contributed by atoms with van der Waals surface area (Å²) in [7, 11) is 0. The van der Waals surface area contributed by atoms with Crippen LogP contribution in [-0.4, -0.2) is 30.3 Å². The van der Waals surface area contributed by atoms with Gasteiger partial charge in [0.2, 0.25) is 0 Å². The van der Waals surface area contributed by atoms with Crippen LogP contribution in [0.4, 0.5) is 4.39 Å². The molecule has 1 heterocycles. The van der Waals surface area contributed by atoms with Crippen molar-refractivity contribution in [3.8, 4) is 0 Å². The summed E-state index contributed by atoms with van der Waals surface area (Å²) in [5.74, 6) is -2.21. The number of esters is 2. The molecule has 2 atom stereocenters. The van der Waals surface area contributed by atoms with E-state index in [2.05, 4.69) is 0 Å². The van der Waals surface area contributed by atoms with Gasteiger partial charge in [0.1, 0.15) is 12.2 Å². The van der Waals surface area contributed by atoms with Crippen LogP contribution >= 0.6 is 0 Å². The third-order valence-corrected chi connectivity index (χ3v) is 2.59. The Bertz CT molecular complexity index is 240. The molecule has 0 radical (unpaired) electrons. The first kappa shape index (κ1) is 9.43. The maximum atomic E-state index is 12.9. The Labute approximate surface area is 80.4 Å². The summed E-state index contributed by atoms with van der Waals surface area (Å²) in [5, 5.41) is 0. The van der Waals surface area contributed by atoms with Crippen LogP contribution in [0.15, 0.2) is 0 Å². The molecule has 2 aliphatic rings. The van der Waals surface area contributed by atoms with Gasteiger partial charge in [-0.05, 0) is 25.7 Å². The van der Waals surface area contributed by atoms with Gasteiger partial charge in [0.25, 0.3) is 6.17 Å². The maximum Gasteiger partial charge on any atom is 0.353 e. The van der Waals surface area contributed by atoms with Crippen LogP contribution in [0.5, 0.6) is 0 Å². The van der Waals surface area contributed by atoms with Gasteiger partial charge in [-0.2, -0.15) is 0 Å². The first-order chi connectivity index (χ1) is 6.68. The summed E-state index contributed by atoms with van der Waals surface area (Å²) >= 11 is 0. The van der Waals surface area contributed by atoms with Crippen LogP contribution in [0.1, 0.15) is 25.7 Å². The first-order valence-corrected chi connectivity index (χ1v) is 4.73. The van der Waals surface area contributed by atoms with E-state index >= 15 is 0 Å². The third-order valence-electron chi connectivity index (χ3n) is 2.59. The predicted molar refractivity (Wildman–Crippen MR) is 43.1 cm³/mol. The summed E-state index contributed by atoms with van der Waals surface area (Å²) < 4.78 is 22.6. The lowest BCUT2D eigenvalue weighted by atomic mass is 9.95. The molecular formula is C9H11FO4. The standard InChI is InChI=1S/C9H11FO4/c10-7-8(11)13-5-3-1-2-4-6(5)14-9(7)12/h5-7H,1-4H2. The quantitative estimate of drug-likeness (QED) is 0.429. The van der Waals surface area contributed by atoms with Gasteiger partial charge in [0.05, 0.1) is 0 Å². The molecule has 4 nitrogen and oxygen atoms in total. The highest BCUT2D eigenvalue weighted by atomic mass is 19.1. The molecule has 2 unspecified atom stereocenters. The van der Waals surface area contributed by atoms with E-state index in [-0.39, 0.29) is 0 Å². The summed E-state index contributed by atoms with van der Waals surface area (Å²) in [6.45, 7) is 0. The van der Waals surface area contributed by atoms with Crippen molar-refractivity contribution < 1.29 is 23.5 Å². The molecule has 0 N–H and O–H groups in total. The number of carbonyl (C=O) groups excluding carboxylic acids is 2. The number of fused-ring (bicyclic) bond motifs is 1. The van der Waals surface area contributed by atoms with E-state index in [0.29, 0.717) is 12.8 Å². The highest BCUT2D eigenvalue weighted by molar-refractivity contribution is 5.98. The van der Waals surface area contributed by atoms with Crippen molar-refractivity contribution >= 4 is 11.9 Å². The zero-order valence-corrected chi connectivity index (χ0v) is 7.57. The van der Waals surface area contributed by atoms with Gasteiger partial charge in [0, 0.05) is 0 Å². The first-order valence-electron chi connectivity index (χ1n) is 4.73. The normalized spacial score (nSPS) is 37.9. The zero-order chi connectivity index (χ0) is 10.1. The number of hydrogen-bond acceptors (Lipinski definition) is 4. The molecule has 1 aliphatic carbocycles. The monoisotopic (exact) mass is 202 g/mol. The molecule has 0 aromatic rings. The molecule has 1 aliphatic heterocycles. The molecule has 0 aromatic heterocycles. The minimum Gasteiger partial charge on any atom is -0.456 e. The van der Waals surface area contributed by atoms with Crippen molar-refractivity contribution in [1.29, 1.82) is 0 Å². The molecule has 0 bridgehead atoms. The Morgan fingerprint density at radius 2 is 1.43 bits per heavy atom. The second-order valence-corrected chi connectivity index (χ2v) is 3.60. The molecule has 14 heavy (non-hydrogen) atoms. The smallest absolute Gasteiger partial charge is 0.353 e. The Kier molecular flexibility index (Phi) is 2.39. The van der Waals surface area contributed by atoms with Crippen molar-refractivity contribution in [1.82, 2.24) is 0 Å². The van der Waals surface area contributed by atoms with E-state index in [0.717, 1.165) is 12.8 Å². The molecular weight excluding hydrogens is 191 g/mol. The van der Waals surface area contributed by atoms with Crippen LogP contribution in [0.25, 0.3) is 0 Å². The molecule has 78 valence electrons. The fraction of sp³-hybridized carbons (Fsp3) is 0.778. The zero-order valence-electron chi connectivity index (χ0n) is 7.57. The highest BCUT2D eigenvalue weighted by Crippen LogP contribution is 2.27. The molecule has 2 fully saturated rings. The van der Waals surface area contributed by atoms with E-state index in [1.54, 1.807) is 0 Å². The van der Waals surface area contributed by atoms with Gasteiger partial charge in [-0.15, -0.1) is 0 Å². The fourth-order valence-electron chi connectivity index (χ4n) is 1.85. The Balaban J connectivity index is 2.14. The predicted octanol–water partition coefficient (Wildman–Crippen LogP) is 0.736. The minimum absolute atomic E-state index is 0.444. The maximum absolute atomic E-state index is 12.9. The van der Waals surface area contributed by atoms with Crippen LogP contribution in [0.2, 0.25) is 0 Å². The van der Waals surface area contributed by atoms with Gasteiger partial charge in [-0.3, -0.25) is 0 Å². The lowest BCUT2D eigenvalue weighted by molar-refractivity contribution is -0.157. The fourth-order valence-corrected chi connectivity index (χ4v) is 1.85. The topological polar surface area (TPSA) is 52.6 Å². The van der Waals surface area contributed by atoms with E-state index in [1.165, 1.54) is 0 Å². The SMILES string of the molecule is O=C1OC2CCCCC2OC(=O)C1F. The van der Waals surface area contributed by atoms with Gasteiger partial charge < -0.3 is 9.47 Å². The average molecular weight is 202 g/mol. The third kappa shape index (κ3) is 1.58. The molecule has 1 saturated heterocycles. The van der Waals surface area contributed by atoms with Crippen molar-refractivity contribution in [2.45, 2.75) is 44.1 Å². The molecule has 0 aromatic carbocycles. The largest absolute Gasteiger partial charge is 0.456 e. The van der Waals surface area contributed by atoms with Crippen LogP contribution in [-0.2, 0) is 19.1 Å². The summed E-state index contributed by atoms with van der Waals surface area (Å²) in [5.41, 5.74) is 0. The minimum atomic E-state index is -2.26. The number of hydrogen-bond donors (Lipinski definition) is 0. The summed E-state index contributed by atoms with van der Waals surface area (Å²) in [6.07, 6.45) is -0.0129. The van der Waals surface area contributed by atoms with Crippen molar-refractivity contribution in [2.75, 3.05) is 0 Å². The van der Waals surface area contributed by atoms with Gasteiger partial charge >= 0.3 is 11.9 Å². The number of rotatable bonds is 0. The number of alkyl halides is 1. The molecule has 0 amide bonds. The van der Waals surface area contributed by atoms with Crippen LogP contribution in [0, 0.1) is 0 Å². The Hall–Kier alpha value is -1.13. The number of carbonyl (C=O) groups is 2. The van der Waals surface area contributed by atoms with Crippen LogP contribution in [0.3, 0.4) is 0 Å². The molecule has 1 saturated carbocycles. The van der Waals surface area contributed by atoms with Crippen LogP contribution < -0.4 is 0 Å². The molecule has 5 heteroatoms. The lowest BCUT2D eigenvalue weighted by Gasteiger charge is -2.27. The molecule has 0 spiro atoms. The van der Waals surface area contributed by atoms with E-state index in [1.807, 2.05) is 0 Å². The molecule has 2 rings (SSSR count). The second-order valence-electron chi connectivity index (χ2n) is 3.60. The van der Waals surface area contributed by atoms with Gasteiger partial charge in [0.15, 0.2) is 0 Å². The van der Waals surface area contributed by atoms with E-state index < -0.39 is 30.3 Å². The van der Waals surface area contributed by atoms with Crippen molar-refractivity contribution in [2.24, 2.45) is 0 Å². The van der Waals surface area contributed by atoms with Crippen molar-refractivity contribution in [3.05, 3.63) is 0 Å². The van der Waals surface area contributed by atoms with Gasteiger partial charge in [-0.25, -0.2) is 14.0 Å². The van der Waals surface area contributed by atoms with Gasteiger partial charge in [-0.1, -0.05) is 0 Å². The number of ether oxygens (including phenoxy) is 2. The highest BCUT2D eigenvalue weighted by Gasteiger charge is 2.41.